The molecule has 1 unspecified atom stereocenters. The molecule has 1 atom stereocenters. The molecule has 0 fully saturated rings. The zero-order valence-corrected chi connectivity index (χ0v) is 14.1. The van der Waals surface area contributed by atoms with Crippen LogP contribution in [0.3, 0.4) is 0 Å². The highest BCUT2D eigenvalue weighted by Crippen LogP contribution is 2.24. The fraction of sp³-hybridized carbons (Fsp3) is 0.167. The monoisotopic (exact) mass is 337 g/mol. The number of carbonyl (C=O) groups is 1. The van der Waals surface area contributed by atoms with Crippen LogP contribution in [0.4, 0.5) is 11.4 Å². The third-order valence-corrected chi connectivity index (χ3v) is 4.14. The minimum absolute atomic E-state index is 0.0921. The first kappa shape index (κ1) is 17.1. The Kier molecular flexibility index (Phi) is 4.78. The summed E-state index contributed by atoms with van der Waals surface area (Å²) < 4.78 is 5.34. The number of para-hydroxylation sites is 1. The van der Waals surface area contributed by atoms with Gasteiger partial charge in [-0.1, -0.05) is 24.3 Å². The van der Waals surface area contributed by atoms with Crippen molar-refractivity contribution in [2.45, 2.75) is 20.0 Å². The molecule has 2 aromatic carbocycles. The van der Waals surface area contributed by atoms with Crippen LogP contribution in [-0.2, 0) is 9.45 Å². The Bertz CT molecular complexity index is 824. The number of nitrogens with one attached hydrogen (secondary N) is 2. The lowest BCUT2D eigenvalue weighted by atomic mass is 9.79. The van der Waals surface area contributed by atoms with Gasteiger partial charge >= 0.3 is 7.12 Å². The van der Waals surface area contributed by atoms with Crippen LogP contribution in [0.5, 0.6) is 0 Å². The van der Waals surface area contributed by atoms with Crippen LogP contribution >= 0.6 is 0 Å². The number of allylic oxidation sites excluding steroid dienone is 1. The van der Waals surface area contributed by atoms with Crippen LogP contribution < -0.4 is 21.8 Å². The summed E-state index contributed by atoms with van der Waals surface area (Å²) >= 11 is 0. The standard InChI is InChI=1S/C18H20BN3O3/c1-11(21-13-6-4-3-5-7-13)17(20)18(23)22-14-8-9-15-12(2)25-19(24)16(15)10-14/h3-10,12,21,24H,20H2,1-2H3,(H,22,23)/b17-11-. The summed E-state index contributed by atoms with van der Waals surface area (Å²) in [7, 11) is -0.976. The van der Waals surface area contributed by atoms with Crippen LogP contribution in [0.15, 0.2) is 59.9 Å². The molecule has 25 heavy (non-hydrogen) atoms. The predicted octanol–water partition coefficient (Wildman–Crippen LogP) is 1.71. The molecule has 0 spiro atoms. The summed E-state index contributed by atoms with van der Waals surface area (Å²) in [5, 5.41) is 15.7. The zero-order chi connectivity index (χ0) is 18.0. The van der Waals surface area contributed by atoms with Crippen molar-refractivity contribution in [3.8, 4) is 0 Å². The predicted molar refractivity (Wildman–Crippen MR) is 99.1 cm³/mol. The lowest BCUT2D eigenvalue weighted by molar-refractivity contribution is -0.112. The number of amides is 1. The topological polar surface area (TPSA) is 96.6 Å². The van der Waals surface area contributed by atoms with Crippen molar-refractivity contribution in [3.63, 3.8) is 0 Å². The molecule has 1 aliphatic rings. The average molecular weight is 337 g/mol. The number of benzene rings is 2. The normalized spacial score (nSPS) is 16.9. The maximum Gasteiger partial charge on any atom is 0.492 e. The molecule has 0 aromatic heterocycles. The first-order valence-corrected chi connectivity index (χ1v) is 8.03. The Morgan fingerprint density at radius 1 is 1.16 bits per heavy atom. The van der Waals surface area contributed by atoms with E-state index in [9.17, 15) is 9.82 Å². The minimum Gasteiger partial charge on any atom is -0.423 e. The maximum atomic E-state index is 12.4. The van der Waals surface area contributed by atoms with Crippen molar-refractivity contribution < 1.29 is 14.5 Å². The third-order valence-electron chi connectivity index (χ3n) is 4.14. The Balaban J connectivity index is 1.73. The van der Waals surface area contributed by atoms with Gasteiger partial charge in [-0.25, -0.2) is 0 Å². The summed E-state index contributed by atoms with van der Waals surface area (Å²) in [6.45, 7) is 3.61. The SMILES string of the molecule is C/C(Nc1ccccc1)=C(/N)C(=O)Nc1ccc2c(c1)B(O)OC2C. The molecule has 0 saturated carbocycles. The van der Waals surface area contributed by atoms with E-state index in [0.29, 0.717) is 16.8 Å². The number of anilines is 2. The van der Waals surface area contributed by atoms with E-state index < -0.39 is 13.0 Å². The lowest BCUT2D eigenvalue weighted by Gasteiger charge is -2.12. The van der Waals surface area contributed by atoms with E-state index in [-0.39, 0.29) is 11.8 Å². The smallest absolute Gasteiger partial charge is 0.423 e. The number of fused-ring (bicyclic) bond motifs is 1. The maximum absolute atomic E-state index is 12.4. The lowest BCUT2D eigenvalue weighted by Crippen LogP contribution is -2.29. The van der Waals surface area contributed by atoms with Crippen LogP contribution in [0.1, 0.15) is 25.5 Å². The summed E-state index contributed by atoms with van der Waals surface area (Å²) in [5.74, 6) is -0.415. The Labute approximate surface area is 146 Å². The highest BCUT2D eigenvalue weighted by molar-refractivity contribution is 6.61. The summed E-state index contributed by atoms with van der Waals surface area (Å²) in [5.41, 5.74) is 9.57. The van der Waals surface area contributed by atoms with E-state index in [0.717, 1.165) is 11.3 Å². The first-order valence-electron chi connectivity index (χ1n) is 8.03. The number of rotatable bonds is 4. The quantitative estimate of drug-likeness (QED) is 0.503. The van der Waals surface area contributed by atoms with Crippen molar-refractivity contribution >= 4 is 29.9 Å². The zero-order valence-electron chi connectivity index (χ0n) is 14.1. The number of nitrogens with two attached hydrogens (primary N) is 1. The minimum atomic E-state index is -0.976. The molecule has 3 rings (SSSR count). The molecule has 2 aromatic rings. The van der Waals surface area contributed by atoms with Gasteiger partial charge in [0.1, 0.15) is 5.70 Å². The van der Waals surface area contributed by atoms with Gasteiger partial charge in [-0.05, 0) is 49.1 Å². The van der Waals surface area contributed by atoms with Crippen LogP contribution in [0.25, 0.3) is 0 Å². The second-order valence-electron chi connectivity index (χ2n) is 5.96. The summed E-state index contributed by atoms with van der Waals surface area (Å²) in [6, 6.07) is 14.8. The molecule has 1 heterocycles. The Morgan fingerprint density at radius 2 is 1.88 bits per heavy atom. The van der Waals surface area contributed by atoms with E-state index in [1.807, 2.05) is 43.3 Å². The second-order valence-corrected chi connectivity index (χ2v) is 5.96. The van der Waals surface area contributed by atoms with Gasteiger partial charge in [-0.3, -0.25) is 4.79 Å². The first-order chi connectivity index (χ1) is 12.0. The van der Waals surface area contributed by atoms with Gasteiger partial charge in [0.05, 0.1) is 6.10 Å². The van der Waals surface area contributed by atoms with Crippen molar-refractivity contribution in [2.75, 3.05) is 10.6 Å². The molecule has 0 radical (unpaired) electrons. The Morgan fingerprint density at radius 3 is 2.60 bits per heavy atom. The third kappa shape index (κ3) is 3.68. The molecule has 6 nitrogen and oxygen atoms in total. The van der Waals surface area contributed by atoms with Gasteiger partial charge in [0, 0.05) is 17.1 Å². The molecule has 128 valence electrons. The highest BCUT2D eigenvalue weighted by Gasteiger charge is 2.32. The fourth-order valence-electron chi connectivity index (χ4n) is 2.75. The molecular weight excluding hydrogens is 317 g/mol. The number of carbonyl (C=O) groups excluding carboxylic acids is 1. The van der Waals surface area contributed by atoms with Crippen molar-refractivity contribution in [1.29, 1.82) is 0 Å². The van der Waals surface area contributed by atoms with Gasteiger partial charge in [0.15, 0.2) is 0 Å². The van der Waals surface area contributed by atoms with Crippen molar-refractivity contribution in [2.24, 2.45) is 5.73 Å². The van der Waals surface area contributed by atoms with E-state index in [4.69, 9.17) is 10.4 Å². The Hall–Kier alpha value is -2.77. The van der Waals surface area contributed by atoms with E-state index >= 15 is 0 Å². The van der Waals surface area contributed by atoms with Crippen LogP contribution in [0.2, 0.25) is 0 Å². The molecule has 7 heteroatoms. The molecule has 0 bridgehead atoms. The molecule has 0 saturated heterocycles. The van der Waals surface area contributed by atoms with E-state index in [2.05, 4.69) is 10.6 Å². The van der Waals surface area contributed by atoms with Crippen LogP contribution in [-0.4, -0.2) is 18.0 Å². The fourth-order valence-corrected chi connectivity index (χ4v) is 2.75. The van der Waals surface area contributed by atoms with E-state index in [1.54, 1.807) is 19.1 Å². The van der Waals surface area contributed by atoms with E-state index in [1.165, 1.54) is 0 Å². The average Bonchev–Trinajstić information content (AvgIpc) is 2.89. The largest absolute Gasteiger partial charge is 0.492 e. The van der Waals surface area contributed by atoms with Gasteiger partial charge < -0.3 is 26.0 Å². The highest BCUT2D eigenvalue weighted by atomic mass is 16.5. The van der Waals surface area contributed by atoms with Crippen molar-refractivity contribution in [1.82, 2.24) is 0 Å². The molecule has 5 N–H and O–H groups in total. The van der Waals surface area contributed by atoms with Gasteiger partial charge in [0.25, 0.3) is 5.91 Å². The van der Waals surface area contributed by atoms with Gasteiger partial charge in [-0.2, -0.15) is 0 Å². The number of hydrogen-bond acceptors (Lipinski definition) is 5. The molecule has 1 aliphatic heterocycles. The second kappa shape index (κ2) is 7.00. The van der Waals surface area contributed by atoms with Gasteiger partial charge in [-0.15, -0.1) is 0 Å². The summed E-state index contributed by atoms with van der Waals surface area (Å²) in [4.78, 5) is 12.4. The molecule has 1 amide bonds. The number of hydrogen-bond donors (Lipinski definition) is 4. The molecular formula is C18H20BN3O3. The summed E-state index contributed by atoms with van der Waals surface area (Å²) in [6.07, 6.45) is -0.169. The van der Waals surface area contributed by atoms with Crippen molar-refractivity contribution in [3.05, 3.63) is 65.5 Å². The van der Waals surface area contributed by atoms with Crippen LogP contribution in [0, 0.1) is 0 Å². The molecule has 0 aliphatic carbocycles. The van der Waals surface area contributed by atoms with Gasteiger partial charge in [0.2, 0.25) is 0 Å².